The second kappa shape index (κ2) is 11.1. The number of hydrogen-bond donors (Lipinski definition) is 2. The molecule has 2 unspecified atom stereocenters. The molecule has 0 radical (unpaired) electrons. The van der Waals surface area contributed by atoms with Crippen molar-refractivity contribution in [3.63, 3.8) is 0 Å². The molecule has 0 amide bonds. The molecule has 1 aromatic carbocycles. The van der Waals surface area contributed by atoms with E-state index in [1.807, 2.05) is 12.1 Å². The normalized spacial score (nSPS) is 17.7. The Morgan fingerprint density at radius 1 is 1.27 bits per heavy atom. The smallest absolute Gasteiger partial charge is 0.191 e. The Morgan fingerprint density at radius 2 is 2.04 bits per heavy atom. The second-order valence-electron chi connectivity index (χ2n) is 6.99. The summed E-state index contributed by atoms with van der Waals surface area (Å²) in [5, 5.41) is 6.89. The minimum Gasteiger partial charge on any atom is -0.488 e. The number of para-hydroxylation sites is 1. The van der Waals surface area contributed by atoms with E-state index >= 15 is 0 Å². The van der Waals surface area contributed by atoms with Crippen molar-refractivity contribution in [2.75, 3.05) is 32.7 Å². The number of guanidine groups is 1. The first-order chi connectivity index (χ1) is 12.7. The van der Waals surface area contributed by atoms with E-state index in [1.54, 1.807) is 0 Å². The Hall–Kier alpha value is -1.75. The Morgan fingerprint density at radius 3 is 2.73 bits per heavy atom. The Balaban J connectivity index is 1.77. The highest BCUT2D eigenvalue weighted by atomic mass is 16.5. The summed E-state index contributed by atoms with van der Waals surface area (Å²) in [4.78, 5) is 7.23. The van der Waals surface area contributed by atoms with Crippen molar-refractivity contribution in [2.45, 2.75) is 59.1 Å². The van der Waals surface area contributed by atoms with E-state index in [4.69, 9.17) is 9.73 Å². The van der Waals surface area contributed by atoms with Gasteiger partial charge in [-0.2, -0.15) is 0 Å². The second-order valence-corrected chi connectivity index (χ2v) is 6.99. The molecule has 2 atom stereocenters. The summed E-state index contributed by atoms with van der Waals surface area (Å²) in [5.41, 5.74) is 1.29. The van der Waals surface area contributed by atoms with Crippen LogP contribution in [0.25, 0.3) is 0 Å². The number of hydrogen-bond acceptors (Lipinski definition) is 3. The lowest BCUT2D eigenvalue weighted by molar-refractivity contribution is 0.241. The predicted molar refractivity (Wildman–Crippen MR) is 110 cm³/mol. The molecule has 0 saturated heterocycles. The first-order valence-corrected chi connectivity index (χ1v) is 10.2. The number of aliphatic imine (C=N–C) groups is 1. The molecule has 2 rings (SSSR count). The molecule has 0 fully saturated rings. The predicted octanol–water partition coefficient (Wildman–Crippen LogP) is 3.06. The van der Waals surface area contributed by atoms with Crippen LogP contribution >= 0.6 is 0 Å². The number of rotatable bonds is 10. The number of fused-ring (bicyclic) bond motifs is 1. The van der Waals surface area contributed by atoms with Gasteiger partial charge in [-0.15, -0.1) is 0 Å². The minimum absolute atomic E-state index is 0.140. The van der Waals surface area contributed by atoms with Crippen LogP contribution in [0.5, 0.6) is 5.75 Å². The standard InChI is InChI=1S/C21H36N4O/c1-5-22-21(24-17(4)11-10-14-25(6-2)7-3)23-16-19-15-18-12-8-9-13-20(18)26-19/h8-9,12-13,17,19H,5-7,10-11,14-16H2,1-4H3,(H2,22,23,24). The number of nitrogens with one attached hydrogen (secondary N) is 2. The number of nitrogens with zero attached hydrogens (tertiary/aromatic N) is 2. The van der Waals surface area contributed by atoms with Gasteiger partial charge in [-0.25, -0.2) is 4.99 Å². The molecule has 0 aromatic heterocycles. The third-order valence-electron chi connectivity index (χ3n) is 4.90. The monoisotopic (exact) mass is 360 g/mol. The zero-order valence-electron chi connectivity index (χ0n) is 16.9. The molecular formula is C21H36N4O. The van der Waals surface area contributed by atoms with Crippen LogP contribution in [0.1, 0.15) is 46.1 Å². The van der Waals surface area contributed by atoms with Gasteiger partial charge in [0.25, 0.3) is 0 Å². The third kappa shape index (κ3) is 6.52. The van der Waals surface area contributed by atoms with Crippen LogP contribution in [0, 0.1) is 0 Å². The molecule has 5 nitrogen and oxygen atoms in total. The van der Waals surface area contributed by atoms with Crippen molar-refractivity contribution in [2.24, 2.45) is 4.99 Å². The molecule has 1 aliphatic heterocycles. The summed E-state index contributed by atoms with van der Waals surface area (Å²) in [6.45, 7) is 13.8. The molecule has 1 heterocycles. The van der Waals surface area contributed by atoms with Gasteiger partial charge in [0.2, 0.25) is 0 Å². The van der Waals surface area contributed by atoms with E-state index in [9.17, 15) is 0 Å². The SMILES string of the molecule is CCNC(=NCC1Cc2ccccc2O1)NC(C)CCCN(CC)CC. The van der Waals surface area contributed by atoms with Gasteiger partial charge in [0.15, 0.2) is 5.96 Å². The van der Waals surface area contributed by atoms with Crippen molar-refractivity contribution in [3.8, 4) is 5.75 Å². The van der Waals surface area contributed by atoms with E-state index in [0.29, 0.717) is 12.6 Å². The van der Waals surface area contributed by atoms with E-state index in [2.05, 4.69) is 55.4 Å². The van der Waals surface area contributed by atoms with E-state index < -0.39 is 0 Å². The number of benzene rings is 1. The van der Waals surface area contributed by atoms with Gasteiger partial charge in [-0.1, -0.05) is 32.0 Å². The average Bonchev–Trinajstić information content (AvgIpc) is 3.06. The topological polar surface area (TPSA) is 48.9 Å². The summed E-state index contributed by atoms with van der Waals surface area (Å²) >= 11 is 0. The maximum atomic E-state index is 5.99. The molecule has 26 heavy (non-hydrogen) atoms. The summed E-state index contributed by atoms with van der Waals surface area (Å²) in [7, 11) is 0. The fourth-order valence-corrected chi connectivity index (χ4v) is 3.34. The highest BCUT2D eigenvalue weighted by Crippen LogP contribution is 2.28. The van der Waals surface area contributed by atoms with Crippen molar-refractivity contribution < 1.29 is 4.74 Å². The quantitative estimate of drug-likeness (QED) is 0.497. The summed E-state index contributed by atoms with van der Waals surface area (Å²) in [6, 6.07) is 8.68. The van der Waals surface area contributed by atoms with Crippen molar-refractivity contribution in [3.05, 3.63) is 29.8 Å². The highest BCUT2D eigenvalue weighted by molar-refractivity contribution is 5.80. The van der Waals surface area contributed by atoms with Crippen LogP contribution in [0.4, 0.5) is 0 Å². The maximum Gasteiger partial charge on any atom is 0.191 e. The average molecular weight is 361 g/mol. The van der Waals surface area contributed by atoms with E-state index in [0.717, 1.165) is 44.2 Å². The van der Waals surface area contributed by atoms with Gasteiger partial charge < -0.3 is 20.3 Å². The van der Waals surface area contributed by atoms with Gasteiger partial charge in [-0.05, 0) is 58.0 Å². The Kier molecular flexibility index (Phi) is 8.75. The van der Waals surface area contributed by atoms with Gasteiger partial charge in [-0.3, -0.25) is 0 Å². The van der Waals surface area contributed by atoms with E-state index in [-0.39, 0.29) is 6.10 Å². The number of ether oxygens (including phenoxy) is 1. The molecular weight excluding hydrogens is 324 g/mol. The van der Waals surface area contributed by atoms with Crippen molar-refractivity contribution in [1.29, 1.82) is 0 Å². The highest BCUT2D eigenvalue weighted by Gasteiger charge is 2.22. The Labute approximate surface area is 159 Å². The molecule has 1 aromatic rings. The largest absolute Gasteiger partial charge is 0.488 e. The Bertz CT molecular complexity index is 532. The van der Waals surface area contributed by atoms with Crippen LogP contribution < -0.4 is 15.4 Å². The van der Waals surface area contributed by atoms with Crippen LogP contribution in [-0.4, -0.2) is 55.7 Å². The van der Waals surface area contributed by atoms with Gasteiger partial charge >= 0.3 is 0 Å². The van der Waals surface area contributed by atoms with Gasteiger partial charge in [0.05, 0.1) is 6.54 Å². The molecule has 146 valence electrons. The minimum atomic E-state index is 0.140. The van der Waals surface area contributed by atoms with Crippen LogP contribution in [0.3, 0.4) is 0 Å². The fraction of sp³-hybridized carbons (Fsp3) is 0.667. The lowest BCUT2D eigenvalue weighted by Gasteiger charge is -2.21. The van der Waals surface area contributed by atoms with Crippen molar-refractivity contribution >= 4 is 5.96 Å². The molecule has 0 saturated carbocycles. The zero-order chi connectivity index (χ0) is 18.8. The van der Waals surface area contributed by atoms with Crippen LogP contribution in [-0.2, 0) is 6.42 Å². The molecule has 0 aliphatic carbocycles. The lowest BCUT2D eigenvalue weighted by atomic mass is 10.1. The lowest BCUT2D eigenvalue weighted by Crippen LogP contribution is -2.43. The first-order valence-electron chi connectivity index (χ1n) is 10.2. The zero-order valence-corrected chi connectivity index (χ0v) is 16.9. The van der Waals surface area contributed by atoms with E-state index in [1.165, 1.54) is 18.5 Å². The summed E-state index contributed by atoms with van der Waals surface area (Å²) in [5.74, 6) is 1.90. The van der Waals surface area contributed by atoms with Gasteiger partial charge in [0.1, 0.15) is 11.9 Å². The molecule has 1 aliphatic rings. The molecule has 2 N–H and O–H groups in total. The molecule has 0 bridgehead atoms. The fourth-order valence-electron chi connectivity index (χ4n) is 3.34. The van der Waals surface area contributed by atoms with Gasteiger partial charge in [0, 0.05) is 19.0 Å². The summed E-state index contributed by atoms with van der Waals surface area (Å²) in [6.07, 6.45) is 3.43. The van der Waals surface area contributed by atoms with Crippen LogP contribution in [0.2, 0.25) is 0 Å². The summed E-state index contributed by atoms with van der Waals surface area (Å²) < 4.78 is 5.99. The third-order valence-corrected chi connectivity index (χ3v) is 4.90. The van der Waals surface area contributed by atoms with Crippen molar-refractivity contribution in [1.82, 2.24) is 15.5 Å². The molecule has 5 heteroatoms. The maximum absolute atomic E-state index is 5.99. The first kappa shape index (κ1) is 20.6. The molecule has 0 spiro atoms. The van der Waals surface area contributed by atoms with Crippen LogP contribution in [0.15, 0.2) is 29.3 Å².